The van der Waals surface area contributed by atoms with Crippen LogP contribution in [0.15, 0.2) is 42.2 Å². The third kappa shape index (κ3) is 3.86. The Hall–Kier alpha value is -3.36. The number of carbonyl (C=O) groups excluding carboxylic acids is 1. The van der Waals surface area contributed by atoms with Crippen molar-refractivity contribution in [2.45, 2.75) is 45.2 Å². The summed E-state index contributed by atoms with van der Waals surface area (Å²) in [6, 6.07) is 6.96. The van der Waals surface area contributed by atoms with Gasteiger partial charge < -0.3 is 9.84 Å². The molecule has 2 aromatic carbocycles. The van der Waals surface area contributed by atoms with E-state index in [1.807, 2.05) is 6.92 Å². The second kappa shape index (κ2) is 8.39. The van der Waals surface area contributed by atoms with Crippen molar-refractivity contribution in [2.24, 2.45) is 23.7 Å². The molecular formula is C26H24F3NO5. The van der Waals surface area contributed by atoms with Crippen molar-refractivity contribution < 1.29 is 32.7 Å². The minimum Gasteiger partial charge on any atom is -0.511 e. The Morgan fingerprint density at radius 3 is 2.29 bits per heavy atom. The summed E-state index contributed by atoms with van der Waals surface area (Å²) in [6.07, 6.45) is -0.399. The van der Waals surface area contributed by atoms with Crippen LogP contribution in [0.25, 0.3) is 5.57 Å². The zero-order valence-corrected chi connectivity index (χ0v) is 19.0. The first-order chi connectivity index (χ1) is 16.6. The predicted octanol–water partition coefficient (Wildman–Crippen LogP) is 6.87. The molecule has 9 heteroatoms. The van der Waals surface area contributed by atoms with E-state index in [0.29, 0.717) is 18.1 Å². The number of nitrogens with zero attached hydrogens (tertiary/aromatic N) is 1. The Balaban J connectivity index is 1.55. The van der Waals surface area contributed by atoms with Crippen LogP contribution in [-0.2, 0) is 17.4 Å². The zero-order chi connectivity index (χ0) is 25.1. The summed E-state index contributed by atoms with van der Waals surface area (Å²) in [5.74, 6) is -0.457. The number of non-ortho nitro benzene ring substituents is 1. The van der Waals surface area contributed by atoms with Crippen LogP contribution in [0, 0.1) is 33.8 Å². The van der Waals surface area contributed by atoms with Crippen LogP contribution in [0.4, 0.5) is 18.9 Å². The molecule has 0 heterocycles. The monoisotopic (exact) mass is 487 g/mol. The molecule has 0 amide bonds. The average molecular weight is 487 g/mol. The maximum atomic E-state index is 13.6. The maximum Gasteiger partial charge on any atom is 0.420 e. The second-order valence-corrected chi connectivity index (χ2v) is 9.56. The number of Topliss-reactive ketones (excluding diaryl/α,β-unsaturated/α-hetero) is 1. The molecule has 4 aliphatic carbocycles. The molecular weight excluding hydrogens is 463 g/mol. The first kappa shape index (κ1) is 23.4. The van der Waals surface area contributed by atoms with Crippen molar-refractivity contribution in [3.63, 3.8) is 0 Å². The van der Waals surface area contributed by atoms with Crippen molar-refractivity contribution in [1.29, 1.82) is 0 Å². The number of ketones is 1. The van der Waals surface area contributed by atoms with Crippen LogP contribution >= 0.6 is 0 Å². The topological polar surface area (TPSA) is 89.7 Å². The van der Waals surface area contributed by atoms with Gasteiger partial charge in [0.05, 0.1) is 10.5 Å². The van der Waals surface area contributed by atoms with Crippen LogP contribution in [0.5, 0.6) is 11.5 Å². The Labute approximate surface area is 199 Å². The highest BCUT2D eigenvalue weighted by molar-refractivity contribution is 6.25. The number of aliphatic hydroxyl groups excluding tert-OH is 1. The number of allylic oxidation sites excluding steroid dienone is 2. The van der Waals surface area contributed by atoms with Crippen LogP contribution in [0.3, 0.4) is 0 Å². The van der Waals surface area contributed by atoms with E-state index < -0.39 is 28.1 Å². The molecule has 2 aromatic rings. The van der Waals surface area contributed by atoms with Crippen LogP contribution < -0.4 is 4.74 Å². The van der Waals surface area contributed by atoms with Gasteiger partial charge >= 0.3 is 6.18 Å². The molecule has 3 fully saturated rings. The highest BCUT2D eigenvalue weighted by Gasteiger charge is 2.54. The number of ether oxygens (including phenoxy) is 1. The Morgan fingerprint density at radius 2 is 1.71 bits per heavy atom. The lowest BCUT2D eigenvalue weighted by Gasteiger charge is -2.44. The van der Waals surface area contributed by atoms with Gasteiger partial charge in [-0.3, -0.25) is 14.9 Å². The number of nitro groups is 1. The van der Waals surface area contributed by atoms with Gasteiger partial charge in [-0.25, -0.2) is 0 Å². The molecule has 35 heavy (non-hydrogen) atoms. The minimum atomic E-state index is -4.87. The number of halogens is 3. The molecule has 2 atom stereocenters. The molecule has 0 radical (unpaired) electrons. The van der Waals surface area contributed by atoms with Gasteiger partial charge in [-0.1, -0.05) is 13.0 Å². The first-order valence-corrected chi connectivity index (χ1v) is 11.7. The fraction of sp³-hybridized carbons (Fsp3) is 0.423. The van der Waals surface area contributed by atoms with Crippen molar-refractivity contribution >= 4 is 17.0 Å². The maximum absolute atomic E-state index is 13.6. The number of aliphatic hydroxyl groups is 1. The summed E-state index contributed by atoms with van der Waals surface area (Å²) in [5.41, 5.74) is -0.472. The molecule has 4 aliphatic rings. The van der Waals surface area contributed by atoms with E-state index in [-0.39, 0.29) is 46.5 Å². The third-order valence-electron chi connectivity index (χ3n) is 7.78. The standard InChI is InChI=1S/C26H24F3NO5/c1-2-13-7-9-17(35-20-10-8-16(30(33)34)11-19(20)26(27,28)29)12-18(13)23-24(31)21-14-3-4-15(6-5-14)22(21)25(23)32/h7-12,14-15,21-22,31H,2-6H2,1H3/t14-,15+,21?,22?. The van der Waals surface area contributed by atoms with E-state index in [9.17, 15) is 33.2 Å². The fourth-order valence-electron chi connectivity index (χ4n) is 6.18. The van der Waals surface area contributed by atoms with Crippen molar-refractivity contribution in [2.75, 3.05) is 0 Å². The minimum absolute atomic E-state index is 0.0440. The van der Waals surface area contributed by atoms with Crippen LogP contribution in [-0.4, -0.2) is 15.8 Å². The summed E-state index contributed by atoms with van der Waals surface area (Å²) >= 11 is 0. The molecule has 3 saturated carbocycles. The van der Waals surface area contributed by atoms with Gasteiger partial charge in [-0.05, 0) is 73.3 Å². The SMILES string of the molecule is CCc1ccc(Oc2ccc([N+](=O)[O-])cc2C(F)(F)F)cc1C1=C(O)C2C(C1=O)[C@H]1CC[C@@H]2CC1. The van der Waals surface area contributed by atoms with E-state index in [1.54, 1.807) is 6.07 Å². The summed E-state index contributed by atoms with van der Waals surface area (Å²) in [6.45, 7) is 1.89. The molecule has 6 rings (SSSR count). The molecule has 2 bridgehead atoms. The zero-order valence-electron chi connectivity index (χ0n) is 19.0. The molecule has 0 saturated heterocycles. The van der Waals surface area contributed by atoms with Gasteiger partial charge in [-0.15, -0.1) is 0 Å². The van der Waals surface area contributed by atoms with E-state index in [4.69, 9.17) is 4.74 Å². The largest absolute Gasteiger partial charge is 0.511 e. The molecule has 0 aliphatic heterocycles. The van der Waals surface area contributed by atoms with Gasteiger partial charge in [0.25, 0.3) is 5.69 Å². The number of rotatable bonds is 5. The van der Waals surface area contributed by atoms with Gasteiger partial charge in [-0.2, -0.15) is 13.2 Å². The number of hydrogen-bond donors (Lipinski definition) is 1. The summed E-state index contributed by atoms with van der Waals surface area (Å²) in [5, 5.41) is 22.1. The molecule has 0 aromatic heterocycles. The van der Waals surface area contributed by atoms with E-state index in [1.165, 1.54) is 12.1 Å². The third-order valence-corrected chi connectivity index (χ3v) is 7.78. The molecule has 2 unspecified atom stereocenters. The lowest BCUT2D eigenvalue weighted by atomic mass is 9.59. The lowest BCUT2D eigenvalue weighted by Crippen LogP contribution is -2.41. The number of nitro benzene ring substituents is 1. The van der Waals surface area contributed by atoms with Crippen molar-refractivity contribution in [3.8, 4) is 11.5 Å². The number of hydrogen-bond acceptors (Lipinski definition) is 5. The number of aryl methyl sites for hydroxylation is 1. The Morgan fingerprint density at radius 1 is 1.06 bits per heavy atom. The number of alkyl halides is 3. The molecule has 0 spiro atoms. The normalized spacial score (nSPS) is 25.7. The van der Waals surface area contributed by atoms with Gasteiger partial charge in [0.2, 0.25) is 0 Å². The van der Waals surface area contributed by atoms with E-state index in [2.05, 4.69) is 0 Å². The highest BCUT2D eigenvalue weighted by atomic mass is 19.4. The highest BCUT2D eigenvalue weighted by Crippen LogP contribution is 2.57. The Bertz CT molecular complexity index is 1240. The van der Waals surface area contributed by atoms with Crippen molar-refractivity contribution in [1.82, 2.24) is 0 Å². The average Bonchev–Trinajstić information content (AvgIpc) is 3.11. The second-order valence-electron chi connectivity index (χ2n) is 9.56. The lowest BCUT2D eigenvalue weighted by molar-refractivity contribution is -0.385. The van der Waals surface area contributed by atoms with Gasteiger partial charge in [0.1, 0.15) is 22.8 Å². The summed E-state index contributed by atoms with van der Waals surface area (Å²) in [7, 11) is 0. The number of carbonyl (C=O) groups is 1. The quantitative estimate of drug-likeness (QED) is 0.367. The summed E-state index contributed by atoms with van der Waals surface area (Å²) < 4.78 is 46.4. The van der Waals surface area contributed by atoms with E-state index >= 15 is 0 Å². The van der Waals surface area contributed by atoms with Crippen LogP contribution in [0.2, 0.25) is 0 Å². The van der Waals surface area contributed by atoms with Gasteiger partial charge in [0, 0.05) is 24.0 Å². The van der Waals surface area contributed by atoms with Crippen molar-refractivity contribution in [3.05, 3.63) is 69.0 Å². The Kier molecular flexibility index (Phi) is 5.61. The molecule has 6 nitrogen and oxygen atoms in total. The molecule has 1 N–H and O–H groups in total. The van der Waals surface area contributed by atoms with Gasteiger partial charge in [0.15, 0.2) is 5.78 Å². The fourth-order valence-corrected chi connectivity index (χ4v) is 6.18. The summed E-state index contributed by atoms with van der Waals surface area (Å²) in [4.78, 5) is 23.6. The van der Waals surface area contributed by atoms with Crippen LogP contribution in [0.1, 0.15) is 49.3 Å². The number of fused-ring (bicyclic) bond motifs is 2. The molecule has 184 valence electrons. The van der Waals surface area contributed by atoms with E-state index in [0.717, 1.165) is 43.4 Å². The smallest absolute Gasteiger partial charge is 0.420 e. The number of benzene rings is 2. The first-order valence-electron chi connectivity index (χ1n) is 11.7. The predicted molar refractivity (Wildman–Crippen MR) is 121 cm³/mol.